The topological polar surface area (TPSA) is 90.8 Å². The summed E-state index contributed by atoms with van der Waals surface area (Å²) >= 11 is 0.900. The van der Waals surface area contributed by atoms with Gasteiger partial charge in [-0.1, -0.05) is 30.3 Å². The number of amides is 1. The third kappa shape index (κ3) is 4.65. The van der Waals surface area contributed by atoms with E-state index in [0.717, 1.165) is 40.3 Å². The van der Waals surface area contributed by atoms with Crippen LogP contribution in [0.15, 0.2) is 64.1 Å². The Morgan fingerprint density at radius 3 is 2.62 bits per heavy atom. The summed E-state index contributed by atoms with van der Waals surface area (Å²) in [7, 11) is 0. The van der Waals surface area contributed by atoms with Crippen LogP contribution in [0, 0.1) is 12.1 Å². The quantitative estimate of drug-likeness (QED) is 0.328. The standard InChI is InChI=1S/C21H19N3O4S/c1-14-18(22-21(28-14)16-5-3-2-4-6-16)11-12-27-17-9-7-15(8-10-17)13-19-20(25)23-24(26)29-19/h2-10,19H,11-13H2,1H3. The summed E-state index contributed by atoms with van der Waals surface area (Å²) in [5, 5.41) is 14.0. The maximum atomic E-state index is 11.6. The Hall–Kier alpha value is -3.13. The Morgan fingerprint density at radius 2 is 1.93 bits per heavy atom. The van der Waals surface area contributed by atoms with Crippen LogP contribution in [-0.2, 0) is 17.6 Å². The van der Waals surface area contributed by atoms with E-state index in [1.165, 1.54) is 0 Å². The van der Waals surface area contributed by atoms with Gasteiger partial charge in [0.2, 0.25) is 17.8 Å². The number of ether oxygens (including phenoxy) is 1. The predicted octanol–water partition coefficient (Wildman–Crippen LogP) is 4.33. The van der Waals surface area contributed by atoms with Gasteiger partial charge in [-0.15, -0.1) is 0 Å². The Kier molecular flexibility index (Phi) is 5.62. The second-order valence-corrected chi connectivity index (χ2v) is 7.70. The highest BCUT2D eigenvalue weighted by Crippen LogP contribution is 2.25. The van der Waals surface area contributed by atoms with Crippen molar-refractivity contribution in [3.63, 3.8) is 0 Å². The first-order valence-electron chi connectivity index (χ1n) is 9.21. The molecule has 2 heterocycles. The smallest absolute Gasteiger partial charge is 0.330 e. The summed E-state index contributed by atoms with van der Waals surface area (Å²) in [6.07, 6.45) is 1.10. The molecule has 1 atom stereocenters. The highest BCUT2D eigenvalue weighted by molar-refractivity contribution is 7.95. The van der Waals surface area contributed by atoms with Gasteiger partial charge in [0, 0.05) is 12.0 Å². The summed E-state index contributed by atoms with van der Waals surface area (Å²) in [4.78, 5) is 16.2. The van der Waals surface area contributed by atoms with Crippen molar-refractivity contribution in [2.45, 2.75) is 25.0 Å². The number of carbonyl (C=O) groups is 1. The van der Waals surface area contributed by atoms with Crippen molar-refractivity contribution < 1.29 is 18.2 Å². The lowest BCUT2D eigenvalue weighted by Crippen LogP contribution is -2.13. The molecule has 0 saturated carbocycles. The number of nitrogens with zero attached hydrogens (tertiary/aromatic N) is 3. The molecule has 1 unspecified atom stereocenters. The number of hydrogen-bond donors (Lipinski definition) is 0. The van der Waals surface area contributed by atoms with Crippen molar-refractivity contribution in [3.8, 4) is 17.2 Å². The third-order valence-corrected chi connectivity index (χ3v) is 5.42. The zero-order valence-corrected chi connectivity index (χ0v) is 16.6. The number of aryl methyl sites for hydroxylation is 1. The molecule has 7 nitrogen and oxygen atoms in total. The van der Waals surface area contributed by atoms with E-state index in [0.29, 0.717) is 29.6 Å². The maximum Gasteiger partial charge on any atom is 0.330 e. The summed E-state index contributed by atoms with van der Waals surface area (Å²) in [5.74, 6) is 1.76. The van der Waals surface area contributed by atoms with Gasteiger partial charge >= 0.3 is 5.91 Å². The van der Waals surface area contributed by atoms with Gasteiger partial charge in [-0.05, 0) is 47.4 Å². The Morgan fingerprint density at radius 1 is 1.17 bits per heavy atom. The molecule has 1 aliphatic heterocycles. The van der Waals surface area contributed by atoms with Crippen LogP contribution in [0.1, 0.15) is 17.0 Å². The zero-order chi connectivity index (χ0) is 20.2. The van der Waals surface area contributed by atoms with Gasteiger partial charge in [0.05, 0.1) is 17.4 Å². The molecule has 0 spiro atoms. The minimum absolute atomic E-state index is 0.375. The summed E-state index contributed by atoms with van der Waals surface area (Å²) in [6, 6.07) is 17.3. The Labute approximate surface area is 172 Å². The molecule has 0 fully saturated rings. The van der Waals surface area contributed by atoms with Gasteiger partial charge in [0.1, 0.15) is 11.5 Å². The van der Waals surface area contributed by atoms with E-state index in [2.05, 4.69) is 10.1 Å². The molecule has 2 aromatic carbocycles. The van der Waals surface area contributed by atoms with Crippen LogP contribution in [0.3, 0.4) is 0 Å². The fraction of sp³-hybridized carbons (Fsp3) is 0.238. The molecule has 0 N–H and O–H groups in total. The molecule has 148 valence electrons. The van der Waals surface area contributed by atoms with Crippen LogP contribution < -0.4 is 4.74 Å². The van der Waals surface area contributed by atoms with E-state index < -0.39 is 5.25 Å². The summed E-state index contributed by atoms with van der Waals surface area (Å²) in [6.45, 7) is 2.38. The van der Waals surface area contributed by atoms with Crippen LogP contribution in [0.25, 0.3) is 11.5 Å². The molecule has 1 aliphatic rings. The largest absolute Gasteiger partial charge is 0.586 e. The molecule has 8 heteroatoms. The number of benzene rings is 2. The molecule has 29 heavy (non-hydrogen) atoms. The van der Waals surface area contributed by atoms with Crippen molar-refractivity contribution in [3.05, 3.63) is 76.8 Å². The second kappa shape index (κ2) is 8.48. The van der Waals surface area contributed by atoms with E-state index in [1.54, 1.807) is 0 Å². The minimum Gasteiger partial charge on any atom is -0.586 e. The lowest BCUT2D eigenvalue weighted by atomic mass is 10.1. The highest BCUT2D eigenvalue weighted by Gasteiger charge is 2.34. The maximum absolute atomic E-state index is 11.6. The molecule has 1 aromatic heterocycles. The minimum atomic E-state index is -0.451. The van der Waals surface area contributed by atoms with Crippen molar-refractivity contribution >= 4 is 17.9 Å². The number of hydrogen-bond acceptors (Lipinski definition) is 6. The molecule has 0 aliphatic carbocycles. The zero-order valence-electron chi connectivity index (χ0n) is 15.8. The van der Waals surface area contributed by atoms with Crippen molar-refractivity contribution in [2.75, 3.05) is 6.61 Å². The van der Waals surface area contributed by atoms with Crippen LogP contribution in [-0.4, -0.2) is 27.0 Å². The lowest BCUT2D eigenvalue weighted by Gasteiger charge is -2.07. The molecule has 1 amide bonds. The first-order valence-corrected chi connectivity index (χ1v) is 10.0. The highest BCUT2D eigenvalue weighted by atomic mass is 32.2. The summed E-state index contributed by atoms with van der Waals surface area (Å²) in [5.41, 5.74) is 2.78. The van der Waals surface area contributed by atoms with Gasteiger partial charge in [0.15, 0.2) is 5.25 Å². The first-order chi connectivity index (χ1) is 14.1. The van der Waals surface area contributed by atoms with E-state index in [4.69, 9.17) is 9.15 Å². The molecule has 0 saturated heterocycles. The lowest BCUT2D eigenvalue weighted by molar-refractivity contribution is -0.336. The van der Waals surface area contributed by atoms with E-state index in [1.807, 2.05) is 61.5 Å². The number of rotatable bonds is 7. The van der Waals surface area contributed by atoms with Crippen molar-refractivity contribution in [1.29, 1.82) is 0 Å². The fourth-order valence-electron chi connectivity index (χ4n) is 3.01. The van der Waals surface area contributed by atoms with Crippen LogP contribution in [0.2, 0.25) is 0 Å². The van der Waals surface area contributed by atoms with E-state index in [-0.39, 0.29) is 5.91 Å². The molecular formula is C21H19N3O4S. The average Bonchev–Trinajstić information content (AvgIpc) is 3.25. The number of carbonyl (C=O) groups excluding carboxylic acids is 1. The number of aromatic nitrogens is 1. The van der Waals surface area contributed by atoms with Crippen molar-refractivity contribution in [1.82, 2.24) is 4.98 Å². The Balaban J connectivity index is 1.30. The second-order valence-electron chi connectivity index (χ2n) is 6.60. The average molecular weight is 409 g/mol. The van der Waals surface area contributed by atoms with Gasteiger partial charge in [-0.3, -0.25) is 4.79 Å². The predicted molar refractivity (Wildman–Crippen MR) is 108 cm³/mol. The molecule has 4 rings (SSSR count). The monoisotopic (exact) mass is 409 g/mol. The van der Waals surface area contributed by atoms with Gasteiger partial charge in [-0.25, -0.2) is 4.98 Å². The molecule has 3 aromatic rings. The normalized spacial score (nSPS) is 16.1. The SMILES string of the molecule is Cc1oc(-c2ccccc2)nc1CCOc1ccc(CC2S[N+]([O-])=NC2=O)cc1. The number of oxazole rings is 1. The Bertz CT molecular complexity index is 1030. The van der Waals surface area contributed by atoms with Gasteiger partial charge in [-0.2, -0.15) is 0 Å². The van der Waals surface area contributed by atoms with Gasteiger partial charge in [0.25, 0.3) is 0 Å². The van der Waals surface area contributed by atoms with Crippen LogP contribution >= 0.6 is 11.9 Å². The van der Waals surface area contributed by atoms with E-state index >= 15 is 0 Å². The first kappa shape index (κ1) is 19.2. The molecule has 0 bridgehead atoms. The summed E-state index contributed by atoms with van der Waals surface area (Å²) < 4.78 is 12.0. The molecular weight excluding hydrogens is 390 g/mol. The third-order valence-electron chi connectivity index (χ3n) is 4.54. The van der Waals surface area contributed by atoms with Crippen LogP contribution in [0.5, 0.6) is 5.75 Å². The van der Waals surface area contributed by atoms with Crippen molar-refractivity contribution in [2.24, 2.45) is 5.11 Å². The van der Waals surface area contributed by atoms with Gasteiger partial charge < -0.3 is 14.4 Å². The van der Waals surface area contributed by atoms with Crippen LogP contribution in [0.4, 0.5) is 0 Å². The van der Waals surface area contributed by atoms with E-state index in [9.17, 15) is 10.0 Å². The fourth-order valence-corrected chi connectivity index (χ4v) is 3.76. The molecule has 0 radical (unpaired) electrons.